The van der Waals surface area contributed by atoms with Crippen LogP contribution in [0.5, 0.6) is 0 Å². The number of carbonyl (C=O) groups is 1. The fourth-order valence-electron chi connectivity index (χ4n) is 5.08. The van der Waals surface area contributed by atoms with Crippen LogP contribution in [0, 0.1) is 0 Å². The number of rotatable bonds is 4. The third-order valence-electron chi connectivity index (χ3n) is 6.82. The molecule has 1 amide bonds. The molecule has 0 bridgehead atoms. The number of anilines is 1. The average molecular weight is 406 g/mol. The lowest BCUT2D eigenvalue weighted by Crippen LogP contribution is -2.43. The van der Waals surface area contributed by atoms with Gasteiger partial charge in [-0.2, -0.15) is 0 Å². The van der Waals surface area contributed by atoms with E-state index in [-0.39, 0.29) is 11.7 Å². The van der Waals surface area contributed by atoms with Crippen LogP contribution in [0.1, 0.15) is 37.7 Å². The van der Waals surface area contributed by atoms with E-state index < -0.39 is 0 Å². The molecular formula is C25H31N3O2. The number of hydrogen-bond acceptors (Lipinski definition) is 4. The SMILES string of the molecule is O=C1OC2(CCCCC2)CN1Cc1ccc(-c2ccc(N3CCNCC3)cc2)cc1. The second kappa shape index (κ2) is 8.31. The molecule has 5 nitrogen and oxygen atoms in total. The summed E-state index contributed by atoms with van der Waals surface area (Å²) < 4.78 is 5.81. The summed E-state index contributed by atoms with van der Waals surface area (Å²) in [6.07, 6.45) is 5.48. The lowest BCUT2D eigenvalue weighted by atomic mass is 9.85. The highest BCUT2D eigenvalue weighted by atomic mass is 16.6. The van der Waals surface area contributed by atoms with Crippen molar-refractivity contribution >= 4 is 11.8 Å². The molecular weight excluding hydrogens is 374 g/mol. The van der Waals surface area contributed by atoms with Crippen LogP contribution in [-0.4, -0.2) is 49.3 Å². The van der Waals surface area contributed by atoms with Crippen molar-refractivity contribution in [3.63, 3.8) is 0 Å². The second-order valence-corrected chi connectivity index (χ2v) is 8.95. The molecule has 2 aliphatic heterocycles. The van der Waals surface area contributed by atoms with Crippen LogP contribution in [0.4, 0.5) is 10.5 Å². The number of piperazine rings is 1. The van der Waals surface area contributed by atoms with Gasteiger partial charge in [-0.15, -0.1) is 0 Å². The Morgan fingerprint density at radius 1 is 0.867 bits per heavy atom. The average Bonchev–Trinajstić information content (AvgIpc) is 3.09. The smallest absolute Gasteiger partial charge is 0.410 e. The van der Waals surface area contributed by atoms with E-state index in [1.165, 1.54) is 36.1 Å². The Morgan fingerprint density at radius 2 is 1.50 bits per heavy atom. The molecule has 0 unspecified atom stereocenters. The lowest BCUT2D eigenvalue weighted by molar-refractivity contribution is 0.0260. The molecule has 1 N–H and O–H groups in total. The number of hydrogen-bond donors (Lipinski definition) is 1. The van der Waals surface area contributed by atoms with Gasteiger partial charge in [0, 0.05) is 38.4 Å². The van der Waals surface area contributed by atoms with Gasteiger partial charge < -0.3 is 15.0 Å². The number of carbonyl (C=O) groups excluding carboxylic acids is 1. The van der Waals surface area contributed by atoms with E-state index in [1.807, 2.05) is 4.90 Å². The van der Waals surface area contributed by atoms with Crippen molar-refractivity contribution in [3.05, 3.63) is 54.1 Å². The minimum Gasteiger partial charge on any atom is -0.441 e. The van der Waals surface area contributed by atoms with Crippen molar-refractivity contribution in [1.29, 1.82) is 0 Å². The summed E-state index contributed by atoms with van der Waals surface area (Å²) in [4.78, 5) is 16.7. The topological polar surface area (TPSA) is 44.8 Å². The van der Waals surface area contributed by atoms with Gasteiger partial charge in [-0.05, 0) is 54.5 Å². The summed E-state index contributed by atoms with van der Waals surface area (Å²) in [6.45, 7) is 5.59. The standard InChI is InChI=1S/C25H31N3O2/c29-24-28(19-25(30-24)12-2-1-3-13-25)18-20-4-6-21(7-5-20)22-8-10-23(11-9-22)27-16-14-26-15-17-27/h4-11,26H,1-3,12-19H2. The Kier molecular flexibility index (Phi) is 5.38. The third-order valence-corrected chi connectivity index (χ3v) is 6.82. The minimum atomic E-state index is -0.221. The van der Waals surface area contributed by atoms with Gasteiger partial charge in [0.25, 0.3) is 0 Å². The predicted molar refractivity (Wildman–Crippen MR) is 120 cm³/mol. The molecule has 2 aromatic carbocycles. The largest absolute Gasteiger partial charge is 0.441 e. The van der Waals surface area contributed by atoms with E-state index in [0.29, 0.717) is 6.54 Å². The van der Waals surface area contributed by atoms with Crippen LogP contribution >= 0.6 is 0 Å². The van der Waals surface area contributed by atoms with Gasteiger partial charge >= 0.3 is 6.09 Å². The maximum absolute atomic E-state index is 12.4. The first-order chi connectivity index (χ1) is 14.7. The summed E-state index contributed by atoms with van der Waals surface area (Å²) in [5.74, 6) is 0. The van der Waals surface area contributed by atoms with Crippen molar-refractivity contribution < 1.29 is 9.53 Å². The fraction of sp³-hybridized carbons (Fsp3) is 0.480. The first-order valence-electron chi connectivity index (χ1n) is 11.3. The second-order valence-electron chi connectivity index (χ2n) is 8.95. The molecule has 30 heavy (non-hydrogen) atoms. The quantitative estimate of drug-likeness (QED) is 0.818. The molecule has 2 aromatic rings. The van der Waals surface area contributed by atoms with Crippen LogP contribution in [0.15, 0.2) is 48.5 Å². The number of nitrogens with zero attached hydrogens (tertiary/aromatic N) is 2. The summed E-state index contributed by atoms with van der Waals surface area (Å²) in [5, 5.41) is 3.40. The number of amides is 1. The Balaban J connectivity index is 1.23. The molecule has 158 valence electrons. The molecule has 5 rings (SSSR count). The Morgan fingerprint density at radius 3 is 2.17 bits per heavy atom. The molecule has 2 heterocycles. The maximum Gasteiger partial charge on any atom is 0.410 e. The normalized spacial score (nSPS) is 21.1. The van der Waals surface area contributed by atoms with Crippen LogP contribution in [-0.2, 0) is 11.3 Å². The van der Waals surface area contributed by atoms with E-state index in [0.717, 1.165) is 51.1 Å². The minimum absolute atomic E-state index is 0.149. The van der Waals surface area contributed by atoms with Gasteiger partial charge in [-0.3, -0.25) is 4.90 Å². The molecule has 0 atom stereocenters. The van der Waals surface area contributed by atoms with Gasteiger partial charge in [-0.25, -0.2) is 4.79 Å². The Labute approximate surface area is 179 Å². The highest BCUT2D eigenvalue weighted by Crippen LogP contribution is 2.37. The van der Waals surface area contributed by atoms with Gasteiger partial charge in [0.15, 0.2) is 0 Å². The summed E-state index contributed by atoms with van der Waals surface area (Å²) >= 11 is 0. The van der Waals surface area contributed by atoms with E-state index in [1.54, 1.807) is 0 Å². The van der Waals surface area contributed by atoms with Crippen molar-refractivity contribution in [2.24, 2.45) is 0 Å². The Hall–Kier alpha value is -2.53. The Bertz CT molecular complexity index is 866. The molecule has 2 saturated heterocycles. The molecule has 3 fully saturated rings. The van der Waals surface area contributed by atoms with Crippen molar-refractivity contribution in [1.82, 2.24) is 10.2 Å². The summed E-state index contributed by atoms with van der Waals surface area (Å²) in [5.41, 5.74) is 4.66. The van der Waals surface area contributed by atoms with Crippen molar-refractivity contribution in [2.75, 3.05) is 37.6 Å². The van der Waals surface area contributed by atoms with E-state index in [2.05, 4.69) is 58.7 Å². The molecule has 1 saturated carbocycles. The van der Waals surface area contributed by atoms with Crippen molar-refractivity contribution in [2.45, 2.75) is 44.2 Å². The van der Waals surface area contributed by atoms with Gasteiger partial charge in [0.2, 0.25) is 0 Å². The highest BCUT2D eigenvalue weighted by Gasteiger charge is 2.45. The molecule has 3 aliphatic rings. The number of ether oxygens (including phenoxy) is 1. The molecule has 5 heteroatoms. The van der Waals surface area contributed by atoms with Crippen molar-refractivity contribution in [3.8, 4) is 11.1 Å². The first-order valence-corrected chi connectivity index (χ1v) is 11.3. The van der Waals surface area contributed by atoms with Gasteiger partial charge in [0.1, 0.15) is 5.60 Å². The van der Waals surface area contributed by atoms with Gasteiger partial charge in [-0.1, -0.05) is 42.8 Å². The molecule has 1 aliphatic carbocycles. The van der Waals surface area contributed by atoms with Gasteiger partial charge in [0.05, 0.1) is 6.54 Å². The number of nitrogens with one attached hydrogen (secondary N) is 1. The monoisotopic (exact) mass is 405 g/mol. The van der Waals surface area contributed by atoms with Crippen LogP contribution in [0.2, 0.25) is 0 Å². The lowest BCUT2D eigenvalue weighted by Gasteiger charge is -2.30. The molecule has 0 radical (unpaired) electrons. The van der Waals surface area contributed by atoms with Crippen LogP contribution in [0.25, 0.3) is 11.1 Å². The van der Waals surface area contributed by atoms with Crippen LogP contribution in [0.3, 0.4) is 0 Å². The zero-order valence-electron chi connectivity index (χ0n) is 17.6. The summed E-state index contributed by atoms with van der Waals surface area (Å²) in [7, 11) is 0. The maximum atomic E-state index is 12.4. The van der Waals surface area contributed by atoms with E-state index >= 15 is 0 Å². The predicted octanol–water partition coefficient (Wildman–Crippen LogP) is 4.42. The highest BCUT2D eigenvalue weighted by molar-refractivity contribution is 5.71. The molecule has 0 aromatic heterocycles. The zero-order chi connectivity index (χ0) is 20.4. The van der Waals surface area contributed by atoms with E-state index in [9.17, 15) is 4.79 Å². The summed E-state index contributed by atoms with van der Waals surface area (Å²) in [6, 6.07) is 17.4. The fourth-order valence-corrected chi connectivity index (χ4v) is 5.08. The molecule has 1 spiro atoms. The third kappa shape index (κ3) is 4.04. The first kappa shape index (κ1) is 19.4. The zero-order valence-corrected chi connectivity index (χ0v) is 17.6. The van der Waals surface area contributed by atoms with Crippen LogP contribution < -0.4 is 10.2 Å². The van der Waals surface area contributed by atoms with E-state index in [4.69, 9.17) is 4.74 Å². The number of benzene rings is 2.